The second kappa shape index (κ2) is 15.3. The minimum atomic E-state index is -0.387. The monoisotopic (exact) mass is 392 g/mol. The van der Waals surface area contributed by atoms with Gasteiger partial charge in [-0.3, -0.25) is 19.8 Å². The first-order valence-electron chi connectivity index (χ1n) is 11.0. The van der Waals surface area contributed by atoms with E-state index in [0.29, 0.717) is 12.8 Å². The molecular weight excluding hydrogens is 352 g/mol. The van der Waals surface area contributed by atoms with Gasteiger partial charge in [-0.25, -0.2) is 4.98 Å². The number of unbranched alkanes of at least 4 members (excludes halogenated alkanes) is 10. The molecule has 0 aliphatic carbocycles. The number of likely N-dealkylation sites (N-methyl/N-ethyl adjacent to an activating group) is 1. The first-order valence-corrected chi connectivity index (χ1v) is 11.0. The number of aromatic nitrogens is 2. The van der Waals surface area contributed by atoms with Crippen LogP contribution < -0.4 is 5.32 Å². The van der Waals surface area contributed by atoms with E-state index in [1.165, 1.54) is 57.8 Å². The lowest BCUT2D eigenvalue weighted by Gasteiger charge is -2.22. The van der Waals surface area contributed by atoms with E-state index in [9.17, 15) is 9.59 Å². The van der Waals surface area contributed by atoms with Crippen molar-refractivity contribution in [3.63, 3.8) is 0 Å². The molecule has 6 heteroatoms. The van der Waals surface area contributed by atoms with Gasteiger partial charge in [0.25, 0.3) is 0 Å². The Morgan fingerprint density at radius 2 is 1.57 bits per heavy atom. The number of hydrogen-bond acceptors (Lipinski definition) is 4. The van der Waals surface area contributed by atoms with Crippen molar-refractivity contribution in [1.29, 1.82) is 0 Å². The zero-order valence-corrected chi connectivity index (χ0v) is 18.1. The number of carbonyl (C=O) groups is 2. The quantitative estimate of drug-likeness (QED) is 0.413. The molecular formula is C22H40N4O2. The van der Waals surface area contributed by atoms with Crippen molar-refractivity contribution in [2.45, 2.75) is 96.4 Å². The Morgan fingerprint density at radius 1 is 1.00 bits per heavy atom. The summed E-state index contributed by atoms with van der Waals surface area (Å²) in [5.41, 5.74) is 0.881. The average Bonchev–Trinajstić information content (AvgIpc) is 3.17. The number of nitrogens with zero attached hydrogens (tertiary/aromatic N) is 2. The van der Waals surface area contributed by atoms with Gasteiger partial charge in [0.05, 0.1) is 12.4 Å². The maximum Gasteiger partial charge on any atom is 0.244 e. The van der Waals surface area contributed by atoms with Gasteiger partial charge in [0, 0.05) is 24.7 Å². The second-order valence-electron chi connectivity index (χ2n) is 7.96. The van der Waals surface area contributed by atoms with E-state index in [0.717, 1.165) is 18.5 Å². The largest absolute Gasteiger partial charge is 0.348 e. The van der Waals surface area contributed by atoms with E-state index < -0.39 is 0 Å². The molecule has 0 fully saturated rings. The van der Waals surface area contributed by atoms with Gasteiger partial charge in [-0.1, -0.05) is 71.1 Å². The van der Waals surface area contributed by atoms with Crippen LogP contribution in [0, 0.1) is 0 Å². The predicted molar refractivity (Wildman–Crippen MR) is 114 cm³/mol. The molecule has 1 atom stereocenters. The van der Waals surface area contributed by atoms with E-state index in [2.05, 4.69) is 22.2 Å². The zero-order chi connectivity index (χ0) is 20.6. The Morgan fingerprint density at radius 3 is 2.07 bits per heavy atom. The van der Waals surface area contributed by atoms with E-state index in [1.807, 2.05) is 19.0 Å². The molecule has 0 unspecified atom stereocenters. The molecule has 1 aromatic heterocycles. The van der Waals surface area contributed by atoms with Gasteiger partial charge < -0.3 is 4.98 Å². The topological polar surface area (TPSA) is 78.1 Å². The standard InChI is InChI=1S/C22H40N4O2/c1-4-5-6-7-8-9-10-11-12-13-14-15-21(27)25-22(28)20(26(2)3)16-19-17-23-18-24-19/h17-18,20H,4-16H2,1-3H3,(H,23,24)(H,25,27,28)/t20-/m0/s1. The molecule has 2 amide bonds. The van der Waals surface area contributed by atoms with Crippen molar-refractivity contribution in [3.05, 3.63) is 18.2 Å². The van der Waals surface area contributed by atoms with Crippen molar-refractivity contribution in [3.8, 4) is 0 Å². The Balaban J connectivity index is 2.09. The predicted octanol–water partition coefficient (Wildman–Crippen LogP) is 4.23. The van der Waals surface area contributed by atoms with Crippen LogP contribution in [0.25, 0.3) is 0 Å². The molecule has 0 saturated carbocycles. The molecule has 28 heavy (non-hydrogen) atoms. The molecule has 2 N–H and O–H groups in total. The highest BCUT2D eigenvalue weighted by Crippen LogP contribution is 2.12. The number of carbonyl (C=O) groups excluding carboxylic acids is 2. The molecule has 0 aliphatic heterocycles. The second-order valence-corrected chi connectivity index (χ2v) is 7.96. The minimum Gasteiger partial charge on any atom is -0.348 e. The zero-order valence-electron chi connectivity index (χ0n) is 18.1. The summed E-state index contributed by atoms with van der Waals surface area (Å²) in [4.78, 5) is 33.3. The molecule has 0 bridgehead atoms. The molecule has 0 aliphatic rings. The van der Waals surface area contributed by atoms with Crippen molar-refractivity contribution < 1.29 is 9.59 Å². The van der Waals surface area contributed by atoms with Gasteiger partial charge in [-0.2, -0.15) is 0 Å². The Labute approximate surface area is 170 Å². The average molecular weight is 393 g/mol. The molecule has 0 radical (unpaired) electrons. The summed E-state index contributed by atoms with van der Waals surface area (Å²) in [6, 6.07) is -0.387. The van der Waals surface area contributed by atoms with E-state index >= 15 is 0 Å². The third kappa shape index (κ3) is 11.2. The summed E-state index contributed by atoms with van der Waals surface area (Å²) in [5.74, 6) is -0.412. The number of aromatic amines is 1. The summed E-state index contributed by atoms with van der Waals surface area (Å²) in [6.45, 7) is 2.25. The summed E-state index contributed by atoms with van der Waals surface area (Å²) in [6.07, 6.45) is 18.0. The normalized spacial score (nSPS) is 12.3. The number of nitrogens with one attached hydrogen (secondary N) is 2. The van der Waals surface area contributed by atoms with Gasteiger partial charge in [0.1, 0.15) is 0 Å². The summed E-state index contributed by atoms with van der Waals surface area (Å²) < 4.78 is 0. The van der Waals surface area contributed by atoms with E-state index in [1.54, 1.807) is 12.5 Å². The molecule has 0 aromatic carbocycles. The van der Waals surface area contributed by atoms with Crippen molar-refractivity contribution >= 4 is 11.8 Å². The number of rotatable bonds is 16. The summed E-state index contributed by atoms with van der Waals surface area (Å²) >= 11 is 0. The fraction of sp³-hybridized carbons (Fsp3) is 0.773. The number of hydrogen-bond donors (Lipinski definition) is 2. The van der Waals surface area contributed by atoms with Crippen LogP contribution in [-0.2, 0) is 16.0 Å². The lowest BCUT2D eigenvalue weighted by atomic mass is 10.1. The summed E-state index contributed by atoms with van der Waals surface area (Å²) in [5, 5.41) is 2.56. The highest BCUT2D eigenvalue weighted by molar-refractivity contribution is 5.97. The third-order valence-electron chi connectivity index (χ3n) is 5.16. The number of imidazole rings is 1. The highest BCUT2D eigenvalue weighted by atomic mass is 16.2. The van der Waals surface area contributed by atoms with Gasteiger partial charge in [-0.05, 0) is 20.5 Å². The van der Waals surface area contributed by atoms with Crippen molar-refractivity contribution in [2.24, 2.45) is 0 Å². The summed E-state index contributed by atoms with van der Waals surface area (Å²) in [7, 11) is 3.68. The number of amides is 2. The van der Waals surface area contributed by atoms with Crippen LogP contribution in [0.15, 0.2) is 12.5 Å². The Hall–Kier alpha value is -1.69. The van der Waals surface area contributed by atoms with Crippen molar-refractivity contribution in [1.82, 2.24) is 20.2 Å². The van der Waals surface area contributed by atoms with Crippen LogP contribution in [0.5, 0.6) is 0 Å². The first-order chi connectivity index (χ1) is 13.5. The minimum absolute atomic E-state index is 0.169. The molecule has 1 rings (SSSR count). The van der Waals surface area contributed by atoms with Crippen LogP contribution in [-0.4, -0.2) is 46.8 Å². The van der Waals surface area contributed by atoms with Crippen LogP contribution in [0.3, 0.4) is 0 Å². The molecule has 0 spiro atoms. The Kier molecular flexibility index (Phi) is 13.3. The lowest BCUT2D eigenvalue weighted by Crippen LogP contribution is -2.47. The maximum absolute atomic E-state index is 12.4. The van der Waals surface area contributed by atoms with Gasteiger partial charge in [0.2, 0.25) is 11.8 Å². The fourth-order valence-electron chi connectivity index (χ4n) is 3.35. The van der Waals surface area contributed by atoms with Crippen LogP contribution >= 0.6 is 0 Å². The highest BCUT2D eigenvalue weighted by Gasteiger charge is 2.23. The van der Waals surface area contributed by atoms with Gasteiger partial charge in [0.15, 0.2) is 0 Å². The smallest absolute Gasteiger partial charge is 0.244 e. The van der Waals surface area contributed by atoms with E-state index in [-0.39, 0.29) is 17.9 Å². The van der Waals surface area contributed by atoms with Gasteiger partial charge >= 0.3 is 0 Å². The van der Waals surface area contributed by atoms with Crippen LogP contribution in [0.2, 0.25) is 0 Å². The van der Waals surface area contributed by atoms with Crippen molar-refractivity contribution in [2.75, 3.05) is 14.1 Å². The molecule has 6 nitrogen and oxygen atoms in total. The maximum atomic E-state index is 12.4. The number of H-pyrrole nitrogens is 1. The van der Waals surface area contributed by atoms with E-state index in [4.69, 9.17) is 0 Å². The SMILES string of the molecule is CCCCCCCCCCCCCC(=O)NC(=O)[C@H](Cc1cnc[nH]1)N(C)C. The molecule has 1 heterocycles. The Bertz CT molecular complexity index is 529. The number of imide groups is 1. The van der Waals surface area contributed by atoms with Crippen LogP contribution in [0.1, 0.15) is 89.7 Å². The first kappa shape index (κ1) is 24.3. The molecule has 1 aromatic rings. The molecule has 0 saturated heterocycles. The fourth-order valence-corrected chi connectivity index (χ4v) is 3.35. The van der Waals surface area contributed by atoms with Crippen LogP contribution in [0.4, 0.5) is 0 Å². The van der Waals surface area contributed by atoms with Gasteiger partial charge in [-0.15, -0.1) is 0 Å². The third-order valence-corrected chi connectivity index (χ3v) is 5.16. The molecule has 160 valence electrons. The lowest BCUT2D eigenvalue weighted by molar-refractivity contribution is -0.133.